The molecule has 0 spiro atoms. The first-order chi connectivity index (χ1) is 14.5. The van der Waals surface area contributed by atoms with E-state index in [1.807, 2.05) is 38.2 Å². The minimum Gasteiger partial charge on any atom is -0.376 e. The summed E-state index contributed by atoms with van der Waals surface area (Å²) in [6.07, 6.45) is 0.0148. The molecule has 4 rings (SSSR count). The molecular formula is C24H27FN2O3. The molecule has 1 aliphatic rings. The van der Waals surface area contributed by atoms with Gasteiger partial charge in [-0.05, 0) is 55.3 Å². The highest BCUT2D eigenvalue weighted by Crippen LogP contribution is 2.18. The molecule has 1 unspecified atom stereocenters. The Morgan fingerprint density at radius 1 is 1.17 bits per heavy atom. The van der Waals surface area contributed by atoms with Crippen molar-refractivity contribution in [2.45, 2.75) is 26.1 Å². The van der Waals surface area contributed by atoms with E-state index in [4.69, 9.17) is 9.47 Å². The average molecular weight is 410 g/mol. The van der Waals surface area contributed by atoms with Crippen LogP contribution in [0.1, 0.15) is 16.7 Å². The Morgan fingerprint density at radius 3 is 2.80 bits per heavy atom. The second kappa shape index (κ2) is 9.08. The Morgan fingerprint density at radius 2 is 2.03 bits per heavy atom. The van der Waals surface area contributed by atoms with Crippen molar-refractivity contribution < 1.29 is 13.9 Å². The van der Waals surface area contributed by atoms with E-state index in [-0.39, 0.29) is 17.5 Å². The maximum absolute atomic E-state index is 13.7. The van der Waals surface area contributed by atoms with Gasteiger partial charge in [0.15, 0.2) is 0 Å². The molecule has 1 atom stereocenters. The summed E-state index contributed by atoms with van der Waals surface area (Å²) < 4.78 is 26.6. The zero-order valence-corrected chi connectivity index (χ0v) is 17.4. The molecule has 0 saturated carbocycles. The monoisotopic (exact) mass is 410 g/mol. The third-order valence-corrected chi connectivity index (χ3v) is 5.39. The first-order valence-corrected chi connectivity index (χ1v) is 10.2. The summed E-state index contributed by atoms with van der Waals surface area (Å²) in [5.41, 5.74) is 3.40. The first-order valence-electron chi connectivity index (χ1n) is 10.2. The Bertz CT molecular complexity index is 1090. The van der Waals surface area contributed by atoms with Gasteiger partial charge < -0.3 is 14.0 Å². The van der Waals surface area contributed by atoms with Crippen LogP contribution in [0.25, 0.3) is 10.9 Å². The fourth-order valence-electron chi connectivity index (χ4n) is 4.00. The van der Waals surface area contributed by atoms with Crippen molar-refractivity contribution in [2.24, 2.45) is 0 Å². The van der Waals surface area contributed by atoms with Gasteiger partial charge in [0, 0.05) is 18.7 Å². The summed E-state index contributed by atoms with van der Waals surface area (Å²) in [6.45, 7) is 5.37. The average Bonchev–Trinajstić information content (AvgIpc) is 2.72. The Kier molecular flexibility index (Phi) is 6.27. The van der Waals surface area contributed by atoms with Crippen molar-refractivity contribution in [1.29, 1.82) is 0 Å². The molecule has 2 aromatic carbocycles. The van der Waals surface area contributed by atoms with E-state index in [1.165, 1.54) is 12.1 Å². The van der Waals surface area contributed by atoms with Gasteiger partial charge in [-0.2, -0.15) is 0 Å². The van der Waals surface area contributed by atoms with Crippen molar-refractivity contribution >= 4 is 10.9 Å². The fourth-order valence-corrected chi connectivity index (χ4v) is 4.00. The zero-order chi connectivity index (χ0) is 21.1. The SMILES string of the molecule is Cc1ccc2c(c1)cc(CN(C)CC1COCCO1)c(=O)n2Cc1cccc(F)c1. The van der Waals surface area contributed by atoms with Crippen molar-refractivity contribution in [1.82, 2.24) is 9.47 Å². The molecule has 0 radical (unpaired) electrons. The second-order valence-electron chi connectivity index (χ2n) is 8.02. The molecule has 30 heavy (non-hydrogen) atoms. The summed E-state index contributed by atoms with van der Waals surface area (Å²) in [5.74, 6) is -0.300. The van der Waals surface area contributed by atoms with Crippen LogP contribution in [0, 0.1) is 12.7 Å². The van der Waals surface area contributed by atoms with Gasteiger partial charge in [0.25, 0.3) is 5.56 Å². The molecule has 1 aromatic heterocycles. The Balaban J connectivity index is 1.67. The molecule has 0 N–H and O–H groups in total. The lowest BCUT2D eigenvalue weighted by molar-refractivity contribution is -0.0963. The molecule has 0 bridgehead atoms. The number of likely N-dealkylation sites (N-methyl/N-ethyl adjacent to an activating group) is 1. The minimum absolute atomic E-state index is 0.0148. The summed E-state index contributed by atoms with van der Waals surface area (Å²) in [7, 11) is 1.98. The molecule has 5 nitrogen and oxygen atoms in total. The lowest BCUT2D eigenvalue weighted by Gasteiger charge is -2.27. The van der Waals surface area contributed by atoms with Crippen LogP contribution >= 0.6 is 0 Å². The van der Waals surface area contributed by atoms with Crippen LogP contribution in [-0.2, 0) is 22.6 Å². The predicted molar refractivity (Wildman–Crippen MR) is 115 cm³/mol. The van der Waals surface area contributed by atoms with Crippen LogP contribution in [0.3, 0.4) is 0 Å². The summed E-state index contributed by atoms with van der Waals surface area (Å²) in [4.78, 5) is 15.5. The number of aromatic nitrogens is 1. The Hall–Kier alpha value is -2.54. The maximum Gasteiger partial charge on any atom is 0.255 e. The smallest absolute Gasteiger partial charge is 0.255 e. The molecule has 0 amide bonds. The van der Waals surface area contributed by atoms with E-state index in [0.717, 1.165) is 22.0 Å². The van der Waals surface area contributed by atoms with E-state index >= 15 is 0 Å². The third kappa shape index (κ3) is 4.78. The number of rotatable bonds is 6. The highest BCUT2D eigenvalue weighted by atomic mass is 19.1. The van der Waals surface area contributed by atoms with Crippen molar-refractivity contribution in [3.8, 4) is 0 Å². The number of fused-ring (bicyclic) bond motifs is 1. The molecular weight excluding hydrogens is 383 g/mol. The summed E-state index contributed by atoms with van der Waals surface area (Å²) in [5, 5.41) is 1.01. The van der Waals surface area contributed by atoms with Gasteiger partial charge >= 0.3 is 0 Å². The second-order valence-corrected chi connectivity index (χ2v) is 8.02. The highest BCUT2D eigenvalue weighted by Gasteiger charge is 2.18. The predicted octanol–water partition coefficient (Wildman–Crippen LogP) is 3.34. The molecule has 0 aliphatic carbocycles. The summed E-state index contributed by atoms with van der Waals surface area (Å²) in [6, 6.07) is 14.4. The van der Waals surface area contributed by atoms with Gasteiger partial charge in [0.2, 0.25) is 0 Å². The van der Waals surface area contributed by atoms with Gasteiger partial charge in [0.05, 0.1) is 38.0 Å². The maximum atomic E-state index is 13.7. The number of halogens is 1. The Labute approximate surface area is 175 Å². The van der Waals surface area contributed by atoms with E-state index in [0.29, 0.717) is 45.0 Å². The summed E-state index contributed by atoms with van der Waals surface area (Å²) >= 11 is 0. The van der Waals surface area contributed by atoms with E-state index in [9.17, 15) is 9.18 Å². The zero-order valence-electron chi connectivity index (χ0n) is 17.4. The molecule has 2 heterocycles. The molecule has 6 heteroatoms. The minimum atomic E-state index is -0.300. The van der Waals surface area contributed by atoms with Crippen LogP contribution in [-0.4, -0.2) is 49.0 Å². The lowest BCUT2D eigenvalue weighted by Crippen LogP contribution is -2.39. The number of hydrogen-bond donors (Lipinski definition) is 0. The van der Waals surface area contributed by atoms with Crippen molar-refractivity contribution in [3.63, 3.8) is 0 Å². The number of benzene rings is 2. The molecule has 1 fully saturated rings. The third-order valence-electron chi connectivity index (χ3n) is 5.39. The number of aryl methyl sites for hydroxylation is 1. The van der Waals surface area contributed by atoms with Crippen molar-refractivity contribution in [3.05, 3.63) is 81.4 Å². The van der Waals surface area contributed by atoms with Gasteiger partial charge in [-0.3, -0.25) is 9.69 Å². The normalized spacial score (nSPS) is 17.0. The molecule has 158 valence electrons. The highest BCUT2D eigenvalue weighted by molar-refractivity contribution is 5.80. The van der Waals surface area contributed by atoms with Crippen LogP contribution in [0.5, 0.6) is 0 Å². The van der Waals surface area contributed by atoms with Crippen LogP contribution in [0.4, 0.5) is 4.39 Å². The first kappa shape index (κ1) is 20.7. The number of ether oxygens (including phenoxy) is 2. The quantitative estimate of drug-likeness (QED) is 0.625. The van der Waals surface area contributed by atoms with E-state index in [2.05, 4.69) is 11.0 Å². The largest absolute Gasteiger partial charge is 0.376 e. The number of pyridine rings is 1. The number of nitrogens with zero attached hydrogens (tertiary/aromatic N) is 2. The van der Waals surface area contributed by atoms with Crippen molar-refractivity contribution in [2.75, 3.05) is 33.4 Å². The van der Waals surface area contributed by atoms with Gasteiger partial charge in [-0.15, -0.1) is 0 Å². The standard InChI is InChI=1S/C24H27FN2O3/c1-17-6-7-23-19(10-17)12-20(14-26(2)15-22-16-29-8-9-30-22)24(28)27(23)13-18-4-3-5-21(25)11-18/h3-7,10-12,22H,8-9,13-16H2,1-2H3. The van der Waals surface area contributed by atoms with Crippen LogP contribution in [0.2, 0.25) is 0 Å². The molecule has 3 aromatic rings. The lowest BCUT2D eigenvalue weighted by atomic mass is 10.1. The van der Waals surface area contributed by atoms with E-state index < -0.39 is 0 Å². The van der Waals surface area contributed by atoms with Gasteiger partial charge in [-0.25, -0.2) is 4.39 Å². The fraction of sp³-hybridized carbons (Fsp3) is 0.375. The molecule has 1 saturated heterocycles. The van der Waals surface area contributed by atoms with Crippen LogP contribution in [0.15, 0.2) is 53.3 Å². The van der Waals surface area contributed by atoms with Gasteiger partial charge in [-0.1, -0.05) is 23.8 Å². The molecule has 1 aliphatic heterocycles. The topological polar surface area (TPSA) is 43.7 Å². The number of hydrogen-bond acceptors (Lipinski definition) is 4. The van der Waals surface area contributed by atoms with E-state index in [1.54, 1.807) is 10.6 Å². The van der Waals surface area contributed by atoms with Crippen LogP contribution < -0.4 is 5.56 Å². The van der Waals surface area contributed by atoms with Gasteiger partial charge in [0.1, 0.15) is 5.82 Å².